The Morgan fingerprint density at radius 3 is 2.73 bits per heavy atom. The maximum absolute atomic E-state index is 12.7. The number of hydrogen-bond acceptors (Lipinski definition) is 2. The molecule has 1 aromatic heterocycles. The summed E-state index contributed by atoms with van der Waals surface area (Å²) in [7, 11) is 0. The Hall–Kier alpha value is -1.68. The van der Waals surface area contributed by atoms with Crippen LogP contribution in [0, 0.1) is 5.82 Å². The number of rotatable bonds is 2. The number of hydrogen-bond donors (Lipinski definition) is 1. The van der Waals surface area contributed by atoms with E-state index >= 15 is 0 Å². The van der Waals surface area contributed by atoms with Crippen molar-refractivity contribution in [1.29, 1.82) is 0 Å². The zero-order chi connectivity index (χ0) is 10.3. The normalized spacial score (nSPS) is 19.1. The van der Waals surface area contributed by atoms with E-state index in [1.807, 2.05) is 0 Å². The maximum Gasteiger partial charge on any atom is 0.123 e. The van der Waals surface area contributed by atoms with Gasteiger partial charge in [-0.3, -0.25) is 5.10 Å². The van der Waals surface area contributed by atoms with E-state index in [0.717, 1.165) is 23.4 Å². The van der Waals surface area contributed by atoms with E-state index in [0.29, 0.717) is 0 Å². The van der Waals surface area contributed by atoms with Gasteiger partial charge in [-0.25, -0.2) is 4.39 Å². The molecule has 1 N–H and O–H groups in total. The molecule has 1 atom stereocenters. The van der Waals surface area contributed by atoms with Gasteiger partial charge in [0.05, 0.1) is 18.5 Å². The van der Waals surface area contributed by atoms with Crippen LogP contribution in [0.15, 0.2) is 30.5 Å². The van der Waals surface area contributed by atoms with Crippen molar-refractivity contribution in [3.63, 3.8) is 0 Å². The Kier molecular flexibility index (Phi) is 1.82. The standard InChI is InChI=1S/C11H9FN2O/c12-8-3-1-7(2-4-8)11-9(5-13-14-11)10-6-15-10/h1-5,10H,6H2,(H,13,14)/t10-/m1/s1. The van der Waals surface area contributed by atoms with E-state index < -0.39 is 0 Å². The third-order valence-corrected chi connectivity index (χ3v) is 2.48. The van der Waals surface area contributed by atoms with Crippen molar-refractivity contribution < 1.29 is 9.13 Å². The lowest BCUT2D eigenvalue weighted by Crippen LogP contribution is -1.85. The largest absolute Gasteiger partial charge is 0.368 e. The monoisotopic (exact) mass is 204 g/mol. The number of benzene rings is 1. The number of halogens is 1. The van der Waals surface area contributed by atoms with Gasteiger partial charge in [0.2, 0.25) is 0 Å². The smallest absolute Gasteiger partial charge is 0.123 e. The molecule has 3 rings (SSSR count). The first-order valence-corrected chi connectivity index (χ1v) is 4.75. The van der Waals surface area contributed by atoms with Gasteiger partial charge < -0.3 is 4.74 Å². The molecule has 15 heavy (non-hydrogen) atoms. The molecule has 0 unspecified atom stereocenters. The molecule has 1 saturated heterocycles. The first kappa shape index (κ1) is 8.61. The highest BCUT2D eigenvalue weighted by Gasteiger charge is 2.29. The predicted molar refractivity (Wildman–Crippen MR) is 52.7 cm³/mol. The summed E-state index contributed by atoms with van der Waals surface area (Å²) in [6, 6.07) is 6.34. The minimum absolute atomic E-state index is 0.156. The summed E-state index contributed by atoms with van der Waals surface area (Å²) in [5.74, 6) is -0.234. The molecule has 76 valence electrons. The zero-order valence-corrected chi connectivity index (χ0v) is 7.90. The van der Waals surface area contributed by atoms with Crippen molar-refractivity contribution in [3.05, 3.63) is 41.8 Å². The van der Waals surface area contributed by atoms with E-state index in [4.69, 9.17) is 4.74 Å². The molecule has 0 amide bonds. The van der Waals surface area contributed by atoms with E-state index in [9.17, 15) is 4.39 Å². The second kappa shape index (κ2) is 3.17. The zero-order valence-electron chi connectivity index (χ0n) is 7.90. The summed E-state index contributed by atoms with van der Waals surface area (Å²) in [5.41, 5.74) is 2.89. The quantitative estimate of drug-likeness (QED) is 0.762. The molecular formula is C11H9FN2O. The van der Waals surface area contributed by atoms with E-state index in [2.05, 4.69) is 10.2 Å². The minimum atomic E-state index is -0.234. The van der Waals surface area contributed by atoms with Crippen LogP contribution in [-0.2, 0) is 4.74 Å². The van der Waals surface area contributed by atoms with Crippen molar-refractivity contribution in [3.8, 4) is 11.3 Å². The number of ether oxygens (including phenoxy) is 1. The van der Waals surface area contributed by atoms with Crippen LogP contribution < -0.4 is 0 Å². The van der Waals surface area contributed by atoms with Gasteiger partial charge in [-0.2, -0.15) is 5.10 Å². The Labute approximate surface area is 85.9 Å². The van der Waals surface area contributed by atoms with Gasteiger partial charge in [0.15, 0.2) is 0 Å². The van der Waals surface area contributed by atoms with Crippen LogP contribution in [-0.4, -0.2) is 16.8 Å². The second-order valence-electron chi connectivity index (χ2n) is 3.53. The summed E-state index contributed by atoms with van der Waals surface area (Å²) in [6.07, 6.45) is 1.92. The van der Waals surface area contributed by atoms with Crippen molar-refractivity contribution in [2.45, 2.75) is 6.10 Å². The number of H-pyrrole nitrogens is 1. The lowest BCUT2D eigenvalue weighted by atomic mass is 10.1. The molecule has 1 fully saturated rings. The fourth-order valence-electron chi connectivity index (χ4n) is 1.62. The van der Waals surface area contributed by atoms with Crippen molar-refractivity contribution in [1.82, 2.24) is 10.2 Å². The van der Waals surface area contributed by atoms with Crippen LogP contribution in [0.2, 0.25) is 0 Å². The minimum Gasteiger partial charge on any atom is -0.368 e. The number of aromatic amines is 1. The van der Waals surface area contributed by atoms with Gasteiger partial charge in [0.1, 0.15) is 11.9 Å². The highest BCUT2D eigenvalue weighted by atomic mass is 19.1. The van der Waals surface area contributed by atoms with Crippen LogP contribution in [0.4, 0.5) is 4.39 Å². The van der Waals surface area contributed by atoms with Crippen molar-refractivity contribution in [2.75, 3.05) is 6.61 Å². The molecule has 1 aromatic carbocycles. The van der Waals surface area contributed by atoms with Crippen LogP contribution in [0.25, 0.3) is 11.3 Å². The summed E-state index contributed by atoms with van der Waals surface area (Å²) >= 11 is 0. The summed E-state index contributed by atoms with van der Waals surface area (Å²) in [5, 5.41) is 6.89. The van der Waals surface area contributed by atoms with E-state index in [1.165, 1.54) is 12.1 Å². The first-order valence-electron chi connectivity index (χ1n) is 4.75. The Bertz CT molecular complexity index is 474. The fraction of sp³-hybridized carbons (Fsp3) is 0.182. The molecule has 1 aliphatic heterocycles. The molecule has 2 aromatic rings. The molecule has 2 heterocycles. The first-order chi connectivity index (χ1) is 7.34. The van der Waals surface area contributed by atoms with Crippen molar-refractivity contribution >= 4 is 0 Å². The highest BCUT2D eigenvalue weighted by Crippen LogP contribution is 2.35. The van der Waals surface area contributed by atoms with Gasteiger partial charge >= 0.3 is 0 Å². The Morgan fingerprint density at radius 2 is 2.07 bits per heavy atom. The van der Waals surface area contributed by atoms with Gasteiger partial charge in [0, 0.05) is 11.1 Å². The van der Waals surface area contributed by atoms with Gasteiger partial charge in [-0.1, -0.05) is 0 Å². The molecule has 1 aliphatic rings. The summed E-state index contributed by atoms with van der Waals surface area (Å²) < 4.78 is 18.0. The lowest BCUT2D eigenvalue weighted by Gasteiger charge is -2.00. The Morgan fingerprint density at radius 1 is 1.33 bits per heavy atom. The third-order valence-electron chi connectivity index (χ3n) is 2.48. The molecule has 3 nitrogen and oxygen atoms in total. The topological polar surface area (TPSA) is 41.2 Å². The van der Waals surface area contributed by atoms with Crippen molar-refractivity contribution in [2.24, 2.45) is 0 Å². The number of nitrogens with zero attached hydrogens (tertiary/aromatic N) is 1. The Balaban J connectivity index is 2.04. The maximum atomic E-state index is 12.7. The summed E-state index contributed by atoms with van der Waals surface area (Å²) in [4.78, 5) is 0. The van der Waals surface area contributed by atoms with Crippen LogP contribution in [0.5, 0.6) is 0 Å². The van der Waals surface area contributed by atoms with Crippen LogP contribution in [0.3, 0.4) is 0 Å². The third kappa shape index (κ3) is 1.53. The molecule has 4 heteroatoms. The molecule has 0 saturated carbocycles. The number of aromatic nitrogens is 2. The van der Waals surface area contributed by atoms with E-state index in [1.54, 1.807) is 18.3 Å². The average molecular weight is 204 g/mol. The van der Waals surface area contributed by atoms with Gasteiger partial charge in [0.25, 0.3) is 0 Å². The molecule has 0 radical (unpaired) electrons. The van der Waals surface area contributed by atoms with Crippen LogP contribution in [0.1, 0.15) is 11.7 Å². The van der Waals surface area contributed by atoms with Gasteiger partial charge in [-0.15, -0.1) is 0 Å². The van der Waals surface area contributed by atoms with Gasteiger partial charge in [-0.05, 0) is 24.3 Å². The average Bonchev–Trinajstić information content (AvgIpc) is 2.98. The second-order valence-corrected chi connectivity index (χ2v) is 3.53. The highest BCUT2D eigenvalue weighted by molar-refractivity contribution is 5.63. The van der Waals surface area contributed by atoms with E-state index in [-0.39, 0.29) is 11.9 Å². The number of epoxide rings is 1. The molecular weight excluding hydrogens is 195 g/mol. The summed E-state index contributed by atoms with van der Waals surface area (Å²) in [6.45, 7) is 0.744. The fourth-order valence-corrected chi connectivity index (χ4v) is 1.62. The van der Waals surface area contributed by atoms with Crippen LogP contribution >= 0.6 is 0 Å². The number of nitrogens with one attached hydrogen (secondary N) is 1. The molecule has 0 aliphatic carbocycles. The SMILES string of the molecule is Fc1ccc(-c2[nH]ncc2[C@H]2CO2)cc1. The molecule has 0 spiro atoms. The molecule has 0 bridgehead atoms. The predicted octanol–water partition coefficient (Wildman–Crippen LogP) is 2.29. The lowest BCUT2D eigenvalue weighted by molar-refractivity contribution is 0.416.